The Labute approximate surface area is 95.3 Å². The first-order chi connectivity index (χ1) is 7.70. The third kappa shape index (κ3) is 2.11. The largest absolute Gasteiger partial charge is 0.298 e. The first kappa shape index (κ1) is 10.8. The Kier molecular flexibility index (Phi) is 3.00. The summed E-state index contributed by atoms with van der Waals surface area (Å²) >= 11 is 1.15. The molecule has 0 aliphatic rings. The maximum absolute atomic E-state index is 13.3. The minimum Gasteiger partial charge on any atom is -0.298 e. The van der Waals surface area contributed by atoms with Crippen molar-refractivity contribution in [2.75, 3.05) is 0 Å². The smallest absolute Gasteiger partial charge is 0.213 e. The normalized spacial score (nSPS) is 10.4. The van der Waals surface area contributed by atoms with Crippen LogP contribution in [0, 0.1) is 12.7 Å². The van der Waals surface area contributed by atoms with E-state index in [-0.39, 0.29) is 5.56 Å². The Morgan fingerprint density at radius 1 is 1.50 bits per heavy atom. The second-order valence-corrected chi connectivity index (χ2v) is 4.08. The summed E-state index contributed by atoms with van der Waals surface area (Å²) in [5, 5.41) is 7.05. The molecule has 0 aliphatic heterocycles. The number of hydrogen-bond donors (Lipinski definition) is 1. The topological polar surface area (TPSA) is 58.6 Å². The zero-order valence-electron chi connectivity index (χ0n) is 8.40. The van der Waals surface area contributed by atoms with Crippen LogP contribution in [0.1, 0.15) is 16.2 Å². The number of nitrogens with zero attached hydrogens (tertiary/aromatic N) is 2. The monoisotopic (exact) mass is 237 g/mol. The second kappa shape index (κ2) is 4.44. The van der Waals surface area contributed by atoms with Crippen molar-refractivity contribution in [1.29, 1.82) is 0 Å². The van der Waals surface area contributed by atoms with Crippen LogP contribution in [0.2, 0.25) is 0 Å². The van der Waals surface area contributed by atoms with Gasteiger partial charge in [0.1, 0.15) is 11.6 Å². The molecule has 0 fully saturated rings. The molecule has 0 aliphatic carbocycles. The molecule has 2 rings (SSSR count). The molecule has 82 valence electrons. The predicted octanol–water partition coefficient (Wildman–Crippen LogP) is 2.22. The first-order valence-corrected chi connectivity index (χ1v) is 5.33. The molecule has 6 heteroatoms. The lowest BCUT2D eigenvalue weighted by Crippen LogP contribution is -1.91. The lowest BCUT2D eigenvalue weighted by atomic mass is 10.2. The molecule has 0 atom stereocenters. The summed E-state index contributed by atoms with van der Waals surface area (Å²) in [4.78, 5) is 15.3. The van der Waals surface area contributed by atoms with E-state index in [1.807, 2.05) is 0 Å². The lowest BCUT2D eigenvalue weighted by molar-refractivity contribution is 0.111. The van der Waals surface area contributed by atoms with Crippen molar-refractivity contribution in [3.05, 3.63) is 35.4 Å². The van der Waals surface area contributed by atoms with E-state index >= 15 is 0 Å². The molecule has 2 aromatic rings. The van der Waals surface area contributed by atoms with E-state index in [4.69, 9.17) is 0 Å². The summed E-state index contributed by atoms with van der Waals surface area (Å²) in [6, 6.07) is 4.45. The lowest BCUT2D eigenvalue weighted by Gasteiger charge is -2.01. The van der Waals surface area contributed by atoms with Gasteiger partial charge in [-0.05, 0) is 30.8 Å². The predicted molar refractivity (Wildman–Crippen MR) is 57.0 cm³/mol. The van der Waals surface area contributed by atoms with Crippen LogP contribution in [-0.4, -0.2) is 21.5 Å². The molecule has 1 aromatic carbocycles. The van der Waals surface area contributed by atoms with Gasteiger partial charge in [-0.3, -0.25) is 9.89 Å². The van der Waals surface area contributed by atoms with Crippen molar-refractivity contribution in [3.63, 3.8) is 0 Å². The van der Waals surface area contributed by atoms with Gasteiger partial charge in [-0.25, -0.2) is 9.37 Å². The van der Waals surface area contributed by atoms with Gasteiger partial charge in [-0.1, -0.05) is 6.07 Å². The Morgan fingerprint density at radius 2 is 2.31 bits per heavy atom. The number of aldehydes is 1. The van der Waals surface area contributed by atoms with Crippen LogP contribution in [0.4, 0.5) is 4.39 Å². The summed E-state index contributed by atoms with van der Waals surface area (Å²) in [7, 11) is 0. The number of carbonyl (C=O) groups is 1. The van der Waals surface area contributed by atoms with Crippen LogP contribution in [0.25, 0.3) is 0 Å². The van der Waals surface area contributed by atoms with Crippen molar-refractivity contribution in [3.8, 4) is 0 Å². The van der Waals surface area contributed by atoms with Crippen LogP contribution in [0.5, 0.6) is 0 Å². The van der Waals surface area contributed by atoms with Gasteiger partial charge >= 0.3 is 0 Å². The molecule has 0 saturated carbocycles. The fraction of sp³-hybridized carbons (Fsp3) is 0.100. The fourth-order valence-electron chi connectivity index (χ4n) is 1.19. The first-order valence-electron chi connectivity index (χ1n) is 4.51. The maximum Gasteiger partial charge on any atom is 0.213 e. The number of aromatic nitrogens is 3. The van der Waals surface area contributed by atoms with E-state index in [2.05, 4.69) is 15.2 Å². The quantitative estimate of drug-likeness (QED) is 0.831. The van der Waals surface area contributed by atoms with E-state index in [1.165, 1.54) is 6.07 Å². The molecule has 0 amide bonds. The second-order valence-electron chi connectivity index (χ2n) is 3.07. The highest BCUT2D eigenvalue weighted by Crippen LogP contribution is 2.28. The summed E-state index contributed by atoms with van der Waals surface area (Å²) in [6.45, 7) is 1.77. The molecule has 0 unspecified atom stereocenters. The molecule has 1 heterocycles. The molecule has 0 bridgehead atoms. The number of benzene rings is 1. The van der Waals surface area contributed by atoms with Gasteiger partial charge in [0.2, 0.25) is 5.16 Å². The standard InChI is InChI=1S/C10H8FN3OS/c1-6-12-10(14-13-6)16-9-4-2-3-8(11)7(9)5-15/h2-5H,1H3,(H,12,13,14). The average molecular weight is 237 g/mol. The Morgan fingerprint density at radius 3 is 2.94 bits per heavy atom. The third-order valence-electron chi connectivity index (χ3n) is 1.91. The number of nitrogens with one attached hydrogen (secondary N) is 1. The maximum atomic E-state index is 13.3. The van der Waals surface area contributed by atoms with Crippen molar-refractivity contribution >= 4 is 18.0 Å². The van der Waals surface area contributed by atoms with Crippen LogP contribution < -0.4 is 0 Å². The summed E-state index contributed by atoms with van der Waals surface area (Å²) in [5.74, 6) is 0.138. The van der Waals surface area contributed by atoms with Crippen LogP contribution in [-0.2, 0) is 0 Å². The van der Waals surface area contributed by atoms with Gasteiger partial charge in [0.05, 0.1) is 5.56 Å². The van der Waals surface area contributed by atoms with Crippen molar-refractivity contribution in [1.82, 2.24) is 15.2 Å². The van der Waals surface area contributed by atoms with E-state index in [0.29, 0.717) is 22.2 Å². The number of aryl methyl sites for hydroxylation is 1. The van der Waals surface area contributed by atoms with Gasteiger partial charge in [0, 0.05) is 4.90 Å². The molecule has 4 nitrogen and oxygen atoms in total. The molecule has 1 aromatic heterocycles. The SMILES string of the molecule is Cc1nc(Sc2cccc(F)c2C=O)n[nH]1. The number of aromatic amines is 1. The molecule has 1 N–H and O–H groups in total. The van der Waals surface area contributed by atoms with E-state index in [1.54, 1.807) is 19.1 Å². The molecule has 0 saturated heterocycles. The molecule has 0 radical (unpaired) electrons. The molecule has 16 heavy (non-hydrogen) atoms. The zero-order valence-corrected chi connectivity index (χ0v) is 9.21. The van der Waals surface area contributed by atoms with Crippen molar-refractivity contribution in [2.45, 2.75) is 17.0 Å². The number of rotatable bonds is 3. The third-order valence-corrected chi connectivity index (χ3v) is 2.85. The van der Waals surface area contributed by atoms with E-state index in [9.17, 15) is 9.18 Å². The minimum absolute atomic E-state index is 0.0370. The molecule has 0 spiro atoms. The van der Waals surface area contributed by atoms with Gasteiger partial charge in [0.15, 0.2) is 6.29 Å². The van der Waals surface area contributed by atoms with Crippen LogP contribution >= 0.6 is 11.8 Å². The summed E-state index contributed by atoms with van der Waals surface area (Å²) in [6.07, 6.45) is 0.497. The van der Waals surface area contributed by atoms with E-state index < -0.39 is 5.82 Å². The summed E-state index contributed by atoms with van der Waals surface area (Å²) in [5.41, 5.74) is 0.0370. The average Bonchev–Trinajstić information content (AvgIpc) is 2.64. The number of hydrogen-bond acceptors (Lipinski definition) is 4. The molecular weight excluding hydrogens is 229 g/mol. The highest BCUT2D eigenvalue weighted by Gasteiger charge is 2.10. The van der Waals surface area contributed by atoms with Gasteiger partial charge < -0.3 is 0 Å². The van der Waals surface area contributed by atoms with Gasteiger partial charge in [-0.15, -0.1) is 5.10 Å². The van der Waals surface area contributed by atoms with Crippen molar-refractivity contribution < 1.29 is 9.18 Å². The van der Waals surface area contributed by atoms with Crippen LogP contribution in [0.3, 0.4) is 0 Å². The highest BCUT2D eigenvalue weighted by atomic mass is 32.2. The van der Waals surface area contributed by atoms with E-state index in [0.717, 1.165) is 11.8 Å². The zero-order chi connectivity index (χ0) is 11.5. The molecular formula is C10H8FN3OS. The van der Waals surface area contributed by atoms with Crippen LogP contribution in [0.15, 0.2) is 28.3 Å². The summed E-state index contributed by atoms with van der Waals surface area (Å²) < 4.78 is 13.3. The van der Waals surface area contributed by atoms with Crippen molar-refractivity contribution in [2.24, 2.45) is 0 Å². The Bertz CT molecular complexity index is 527. The fourth-order valence-corrected chi connectivity index (χ4v) is 2.06. The Hall–Kier alpha value is -1.69. The number of carbonyl (C=O) groups excluding carboxylic acids is 1. The minimum atomic E-state index is -0.535. The highest BCUT2D eigenvalue weighted by molar-refractivity contribution is 7.99. The van der Waals surface area contributed by atoms with Gasteiger partial charge in [0.25, 0.3) is 0 Å². The number of halogens is 1. The number of H-pyrrole nitrogens is 1. The Balaban J connectivity index is 2.34. The van der Waals surface area contributed by atoms with Gasteiger partial charge in [-0.2, -0.15) is 0 Å².